The summed E-state index contributed by atoms with van der Waals surface area (Å²) in [7, 11) is 1.66. The topological polar surface area (TPSA) is 57.6 Å². The minimum atomic E-state index is -0.876. The van der Waals surface area contributed by atoms with Gasteiger partial charge in [0.05, 0.1) is 11.3 Å². The number of carboxylic acids is 1. The van der Waals surface area contributed by atoms with E-state index >= 15 is 0 Å². The summed E-state index contributed by atoms with van der Waals surface area (Å²) < 4.78 is 0. The Hall–Kier alpha value is -1.36. The van der Waals surface area contributed by atoms with Gasteiger partial charge in [0, 0.05) is 18.5 Å². The number of fused-ring (bicyclic) bond motifs is 1. The Bertz CT molecular complexity index is 495. The number of aryl methyl sites for hydroxylation is 1. The van der Waals surface area contributed by atoms with Gasteiger partial charge < -0.3 is 10.0 Å². The lowest BCUT2D eigenvalue weighted by molar-refractivity contribution is -0.137. The molecular formula is C14H19NO3S. The zero-order chi connectivity index (χ0) is 14.0. The first-order valence-corrected chi connectivity index (χ1v) is 7.38. The van der Waals surface area contributed by atoms with Gasteiger partial charge in [-0.1, -0.05) is 6.92 Å². The van der Waals surface area contributed by atoms with Gasteiger partial charge in [-0.3, -0.25) is 9.59 Å². The average Bonchev–Trinajstić information content (AvgIpc) is 2.77. The first-order valence-electron chi connectivity index (χ1n) is 6.56. The highest BCUT2D eigenvalue weighted by atomic mass is 32.1. The number of hydrogen-bond donors (Lipinski definition) is 1. The molecule has 0 saturated carbocycles. The third-order valence-corrected chi connectivity index (χ3v) is 4.77. The lowest BCUT2D eigenvalue weighted by Crippen LogP contribution is -2.28. The molecule has 1 heterocycles. The van der Waals surface area contributed by atoms with Crippen molar-refractivity contribution >= 4 is 23.2 Å². The minimum absolute atomic E-state index is 0.00956. The molecule has 5 heteroatoms. The van der Waals surface area contributed by atoms with Gasteiger partial charge in [-0.15, -0.1) is 11.3 Å². The predicted molar refractivity (Wildman–Crippen MR) is 74.7 cm³/mol. The summed E-state index contributed by atoms with van der Waals surface area (Å²) in [5.41, 5.74) is 1.30. The van der Waals surface area contributed by atoms with Gasteiger partial charge in [0.15, 0.2) is 0 Å². The molecule has 1 aliphatic carbocycles. The number of rotatable bonds is 4. The van der Waals surface area contributed by atoms with E-state index in [1.807, 2.05) is 6.07 Å². The molecule has 0 bridgehead atoms. The number of hydrogen-bond acceptors (Lipinski definition) is 3. The second-order valence-corrected chi connectivity index (χ2v) is 6.41. The fourth-order valence-electron chi connectivity index (χ4n) is 2.36. The molecule has 19 heavy (non-hydrogen) atoms. The fourth-order valence-corrected chi connectivity index (χ4v) is 3.57. The highest BCUT2D eigenvalue weighted by Crippen LogP contribution is 2.32. The Balaban J connectivity index is 2.05. The SMILES string of the molecule is CC1CCc2sc(C(=O)N(C)CCC(=O)O)cc2C1. The van der Waals surface area contributed by atoms with E-state index < -0.39 is 5.97 Å². The van der Waals surface area contributed by atoms with Gasteiger partial charge in [-0.25, -0.2) is 0 Å². The molecule has 1 aromatic heterocycles. The van der Waals surface area contributed by atoms with Crippen molar-refractivity contribution in [2.24, 2.45) is 5.92 Å². The molecule has 1 atom stereocenters. The number of amides is 1. The van der Waals surface area contributed by atoms with Crippen LogP contribution in [0, 0.1) is 5.92 Å². The van der Waals surface area contributed by atoms with Crippen LogP contribution in [0.4, 0.5) is 0 Å². The third kappa shape index (κ3) is 3.35. The Morgan fingerprint density at radius 2 is 2.26 bits per heavy atom. The van der Waals surface area contributed by atoms with Gasteiger partial charge in [-0.05, 0) is 36.8 Å². The maximum absolute atomic E-state index is 12.2. The second-order valence-electron chi connectivity index (χ2n) is 5.28. The summed E-state index contributed by atoms with van der Waals surface area (Å²) in [6.45, 7) is 2.49. The van der Waals surface area contributed by atoms with Crippen molar-refractivity contribution in [3.8, 4) is 0 Å². The van der Waals surface area contributed by atoms with Gasteiger partial charge in [0.1, 0.15) is 0 Å². The van der Waals surface area contributed by atoms with Gasteiger partial charge >= 0.3 is 5.97 Å². The smallest absolute Gasteiger partial charge is 0.305 e. The first kappa shape index (κ1) is 14.1. The molecule has 0 saturated heterocycles. The van der Waals surface area contributed by atoms with Crippen LogP contribution in [0.25, 0.3) is 0 Å². The van der Waals surface area contributed by atoms with Crippen molar-refractivity contribution in [2.45, 2.75) is 32.6 Å². The molecule has 0 fully saturated rings. The molecule has 1 aromatic rings. The summed E-state index contributed by atoms with van der Waals surface area (Å²) in [4.78, 5) is 26.3. The molecular weight excluding hydrogens is 262 g/mol. The van der Waals surface area contributed by atoms with Crippen molar-refractivity contribution in [3.63, 3.8) is 0 Å². The maximum atomic E-state index is 12.2. The summed E-state index contributed by atoms with van der Waals surface area (Å²) >= 11 is 1.57. The van der Waals surface area contributed by atoms with Crippen LogP contribution in [0.2, 0.25) is 0 Å². The van der Waals surface area contributed by atoms with Crippen LogP contribution in [0.5, 0.6) is 0 Å². The zero-order valence-corrected chi connectivity index (χ0v) is 12.1. The first-order chi connectivity index (χ1) is 8.97. The largest absolute Gasteiger partial charge is 0.481 e. The molecule has 104 valence electrons. The molecule has 1 unspecified atom stereocenters. The quantitative estimate of drug-likeness (QED) is 0.922. The van der Waals surface area contributed by atoms with Crippen LogP contribution in [-0.2, 0) is 17.6 Å². The van der Waals surface area contributed by atoms with Crippen LogP contribution >= 0.6 is 11.3 Å². The molecule has 1 amide bonds. The molecule has 0 spiro atoms. The van der Waals surface area contributed by atoms with Crippen LogP contribution in [-0.4, -0.2) is 35.5 Å². The molecule has 0 aliphatic heterocycles. The summed E-state index contributed by atoms with van der Waals surface area (Å²) in [6, 6.07) is 2.00. The van der Waals surface area contributed by atoms with E-state index in [4.69, 9.17) is 5.11 Å². The van der Waals surface area contributed by atoms with Gasteiger partial charge in [0.25, 0.3) is 5.91 Å². The minimum Gasteiger partial charge on any atom is -0.481 e. The lowest BCUT2D eigenvalue weighted by Gasteiger charge is -2.16. The van der Waals surface area contributed by atoms with Crippen molar-refractivity contribution in [1.82, 2.24) is 4.90 Å². The molecule has 0 aromatic carbocycles. The monoisotopic (exact) mass is 281 g/mol. The lowest BCUT2D eigenvalue weighted by atomic mass is 9.90. The van der Waals surface area contributed by atoms with E-state index in [2.05, 4.69) is 6.92 Å². The number of carbonyl (C=O) groups is 2. The molecule has 0 radical (unpaired) electrons. The highest BCUT2D eigenvalue weighted by Gasteiger charge is 2.22. The van der Waals surface area contributed by atoms with Crippen LogP contribution in [0.3, 0.4) is 0 Å². The number of thiophene rings is 1. The normalized spacial score (nSPS) is 17.9. The van der Waals surface area contributed by atoms with E-state index in [0.29, 0.717) is 5.92 Å². The fraction of sp³-hybridized carbons (Fsp3) is 0.571. The zero-order valence-electron chi connectivity index (χ0n) is 11.3. The molecule has 4 nitrogen and oxygen atoms in total. The van der Waals surface area contributed by atoms with E-state index in [1.54, 1.807) is 18.4 Å². The van der Waals surface area contributed by atoms with Crippen molar-refractivity contribution in [3.05, 3.63) is 21.4 Å². The standard InChI is InChI=1S/C14H19NO3S/c1-9-3-4-11-10(7-9)8-12(19-11)14(18)15(2)6-5-13(16)17/h8-9H,3-7H2,1-2H3,(H,16,17). The van der Waals surface area contributed by atoms with Crippen LogP contribution < -0.4 is 0 Å². The highest BCUT2D eigenvalue weighted by molar-refractivity contribution is 7.14. The Morgan fingerprint density at radius 3 is 2.95 bits per heavy atom. The van der Waals surface area contributed by atoms with Crippen molar-refractivity contribution in [2.75, 3.05) is 13.6 Å². The van der Waals surface area contributed by atoms with Gasteiger partial charge in [-0.2, -0.15) is 0 Å². The van der Waals surface area contributed by atoms with E-state index in [9.17, 15) is 9.59 Å². The van der Waals surface area contributed by atoms with E-state index in [1.165, 1.54) is 21.8 Å². The molecule has 2 rings (SSSR count). The van der Waals surface area contributed by atoms with Gasteiger partial charge in [0.2, 0.25) is 0 Å². The maximum Gasteiger partial charge on any atom is 0.305 e. The number of aliphatic carboxylic acids is 1. The summed E-state index contributed by atoms with van der Waals surface area (Å²) in [5.74, 6) is -0.248. The number of carboxylic acid groups (broad SMARTS) is 1. The Morgan fingerprint density at radius 1 is 1.53 bits per heavy atom. The van der Waals surface area contributed by atoms with Crippen molar-refractivity contribution in [1.29, 1.82) is 0 Å². The van der Waals surface area contributed by atoms with Crippen molar-refractivity contribution < 1.29 is 14.7 Å². The second kappa shape index (κ2) is 5.74. The third-order valence-electron chi connectivity index (χ3n) is 3.55. The molecule has 1 aliphatic rings. The predicted octanol–water partition coefficient (Wildman–Crippen LogP) is 2.42. The number of carbonyl (C=O) groups excluding carboxylic acids is 1. The summed E-state index contributed by atoms with van der Waals surface area (Å²) in [5, 5.41) is 8.64. The van der Waals surface area contributed by atoms with Crippen LogP contribution in [0.15, 0.2) is 6.07 Å². The Kier molecular flexibility index (Phi) is 4.24. The van der Waals surface area contributed by atoms with E-state index in [0.717, 1.165) is 17.7 Å². The number of nitrogens with zero attached hydrogens (tertiary/aromatic N) is 1. The van der Waals surface area contributed by atoms with E-state index in [-0.39, 0.29) is 18.9 Å². The molecule has 1 N–H and O–H groups in total. The average molecular weight is 281 g/mol. The Labute approximate surface area is 117 Å². The van der Waals surface area contributed by atoms with Crippen LogP contribution in [0.1, 0.15) is 39.9 Å². The summed E-state index contributed by atoms with van der Waals surface area (Å²) in [6.07, 6.45) is 3.30.